The van der Waals surface area contributed by atoms with Gasteiger partial charge in [-0.25, -0.2) is 0 Å². The lowest BCUT2D eigenvalue weighted by atomic mass is 10.0. The number of rotatable bonds is 6. The maximum atomic E-state index is 13.4. The fourth-order valence-corrected chi connectivity index (χ4v) is 4.13. The van der Waals surface area contributed by atoms with Crippen molar-refractivity contribution < 1.29 is 27.3 Å². The minimum absolute atomic E-state index is 0.0767. The summed E-state index contributed by atoms with van der Waals surface area (Å²) in [5, 5.41) is 4.93. The molecule has 3 amide bonds. The Morgan fingerprint density at radius 2 is 1.88 bits per heavy atom. The van der Waals surface area contributed by atoms with E-state index in [1.165, 1.54) is 6.07 Å². The summed E-state index contributed by atoms with van der Waals surface area (Å²) < 4.78 is 55.4. The molecule has 3 aliphatic rings. The Labute approximate surface area is 201 Å². The number of ether oxygens (including phenoxy) is 1. The molecule has 0 aliphatic carbocycles. The van der Waals surface area contributed by atoms with Crippen molar-refractivity contribution >= 4 is 23.4 Å². The van der Waals surface area contributed by atoms with E-state index < -0.39 is 43.0 Å². The van der Waals surface area contributed by atoms with Crippen molar-refractivity contribution in [3.05, 3.63) is 64.7 Å². The first-order valence-electron chi connectivity index (χ1n) is 13.8. The Morgan fingerprint density at radius 1 is 1.09 bits per heavy atom. The van der Waals surface area contributed by atoms with Gasteiger partial charge in [0, 0.05) is 61.3 Å². The molecule has 0 bridgehead atoms. The first kappa shape index (κ1) is 15.6. The molecule has 0 spiro atoms. The van der Waals surface area contributed by atoms with Gasteiger partial charge >= 0.3 is 0 Å². The van der Waals surface area contributed by atoms with Crippen LogP contribution in [0.2, 0.25) is 0 Å². The van der Waals surface area contributed by atoms with Gasteiger partial charge in [-0.3, -0.25) is 24.6 Å². The van der Waals surface area contributed by atoms with E-state index in [9.17, 15) is 14.4 Å². The Hall–Kier alpha value is -3.23. The highest BCUT2D eigenvalue weighted by atomic mass is 16.5. The van der Waals surface area contributed by atoms with Crippen LogP contribution in [0.25, 0.3) is 0 Å². The average Bonchev–Trinajstić information content (AvgIpc) is 3.08. The second-order valence-electron chi connectivity index (χ2n) is 8.07. The van der Waals surface area contributed by atoms with E-state index >= 15 is 0 Å². The van der Waals surface area contributed by atoms with Gasteiger partial charge < -0.3 is 15.0 Å². The van der Waals surface area contributed by atoms with Gasteiger partial charge in [-0.2, -0.15) is 0 Å². The van der Waals surface area contributed by atoms with E-state index in [0.29, 0.717) is 24.7 Å². The third-order valence-corrected chi connectivity index (χ3v) is 5.80. The van der Waals surface area contributed by atoms with Crippen LogP contribution in [0.15, 0.2) is 42.5 Å². The number of benzene rings is 2. The minimum atomic E-state index is -3.19. The topological polar surface area (TPSA) is 91.0 Å². The van der Waals surface area contributed by atoms with Crippen LogP contribution < -0.4 is 10.6 Å². The SMILES string of the molecule is [2H]C1([2H])c2c(NCc3cccc(CN4CCOCC4)c3)cccc2C(=O)N1C1C(=O)NC(=O)C([2H])([2H])C1([2H])[2H]. The Kier molecular flexibility index (Phi) is 4.40. The quantitative estimate of drug-likeness (QED) is 0.648. The van der Waals surface area contributed by atoms with E-state index in [1.807, 2.05) is 24.3 Å². The van der Waals surface area contributed by atoms with Gasteiger partial charge in [0.25, 0.3) is 5.91 Å². The highest BCUT2D eigenvalue weighted by Gasteiger charge is 2.39. The molecule has 33 heavy (non-hydrogen) atoms. The highest BCUT2D eigenvalue weighted by Crippen LogP contribution is 2.32. The van der Waals surface area contributed by atoms with Crippen molar-refractivity contribution in [2.75, 3.05) is 31.6 Å². The summed E-state index contributed by atoms with van der Waals surface area (Å²) in [5.74, 6) is -3.73. The zero-order valence-corrected chi connectivity index (χ0v) is 17.9. The first-order chi connectivity index (χ1) is 18.4. The molecular formula is C25H28N4O4. The molecule has 3 heterocycles. The van der Waals surface area contributed by atoms with Crippen molar-refractivity contribution in [2.24, 2.45) is 0 Å². The van der Waals surface area contributed by atoms with Gasteiger partial charge in [0.15, 0.2) is 0 Å². The van der Waals surface area contributed by atoms with Crippen LogP contribution in [0.5, 0.6) is 0 Å². The number of fused-ring (bicyclic) bond motifs is 1. The van der Waals surface area contributed by atoms with Crippen molar-refractivity contribution in [1.29, 1.82) is 0 Å². The fourth-order valence-electron chi connectivity index (χ4n) is 4.13. The van der Waals surface area contributed by atoms with Crippen LogP contribution in [0.1, 0.15) is 48.0 Å². The third kappa shape index (κ3) is 4.62. The number of hydrogen-bond donors (Lipinski definition) is 2. The van der Waals surface area contributed by atoms with Gasteiger partial charge in [-0.05, 0) is 29.6 Å². The predicted molar refractivity (Wildman–Crippen MR) is 122 cm³/mol. The lowest BCUT2D eigenvalue weighted by Gasteiger charge is -2.29. The van der Waals surface area contributed by atoms with E-state index in [-0.39, 0.29) is 16.8 Å². The number of piperidine rings is 1. The molecule has 5 rings (SSSR count). The molecule has 3 aliphatic heterocycles. The van der Waals surface area contributed by atoms with E-state index in [2.05, 4.69) is 10.2 Å². The molecule has 0 aromatic heterocycles. The molecule has 2 aromatic carbocycles. The molecule has 8 heteroatoms. The van der Waals surface area contributed by atoms with Gasteiger partial charge in [0.1, 0.15) is 6.04 Å². The summed E-state index contributed by atoms with van der Waals surface area (Å²) in [4.78, 5) is 40.8. The molecule has 2 saturated heterocycles. The van der Waals surface area contributed by atoms with E-state index in [0.717, 1.165) is 30.8 Å². The largest absolute Gasteiger partial charge is 0.381 e. The Bertz CT molecular complexity index is 1330. The number of imide groups is 1. The molecule has 1 atom stereocenters. The number of anilines is 1. The Morgan fingerprint density at radius 3 is 2.73 bits per heavy atom. The third-order valence-electron chi connectivity index (χ3n) is 5.80. The maximum Gasteiger partial charge on any atom is 0.255 e. The zero-order chi connectivity index (χ0) is 28.2. The first-order valence-corrected chi connectivity index (χ1v) is 10.8. The minimum Gasteiger partial charge on any atom is -0.381 e. The number of nitrogens with one attached hydrogen (secondary N) is 2. The summed E-state index contributed by atoms with van der Waals surface area (Å²) in [5.41, 5.74) is 2.16. The summed E-state index contributed by atoms with van der Waals surface area (Å²) in [7, 11) is 0. The highest BCUT2D eigenvalue weighted by molar-refractivity contribution is 6.06. The standard InChI is InChI=1S/C25H28N4O4/c30-23-8-7-22(24(31)27-23)29-16-20-19(25(29)32)5-2-6-21(20)26-14-17-3-1-4-18(13-17)15-28-9-11-33-12-10-28/h1-6,13,22,26H,7-12,14-16H2,(H,27,30,31)/i7D2,8D2,16D2. The van der Waals surface area contributed by atoms with Crippen LogP contribution in [-0.2, 0) is 33.9 Å². The van der Waals surface area contributed by atoms with Crippen molar-refractivity contribution in [2.45, 2.75) is 38.4 Å². The molecular weight excluding hydrogens is 420 g/mol. The van der Waals surface area contributed by atoms with E-state index in [4.69, 9.17) is 13.0 Å². The lowest BCUT2D eigenvalue weighted by Crippen LogP contribution is -2.52. The summed E-state index contributed by atoms with van der Waals surface area (Å²) >= 11 is 0. The van der Waals surface area contributed by atoms with Gasteiger partial charge in [-0.15, -0.1) is 0 Å². The number of carbonyl (C=O) groups is 3. The maximum absolute atomic E-state index is 13.4. The molecule has 1 unspecified atom stereocenters. The van der Waals surface area contributed by atoms with Crippen LogP contribution in [0.4, 0.5) is 5.69 Å². The molecule has 172 valence electrons. The van der Waals surface area contributed by atoms with Gasteiger partial charge in [0.2, 0.25) is 11.8 Å². The molecule has 2 N–H and O–H groups in total. The monoisotopic (exact) mass is 454 g/mol. The van der Waals surface area contributed by atoms with E-state index in [1.54, 1.807) is 17.4 Å². The van der Waals surface area contributed by atoms with Crippen LogP contribution in [0, 0.1) is 0 Å². The Balaban J connectivity index is 1.41. The number of nitrogens with zero attached hydrogens (tertiary/aromatic N) is 2. The molecule has 0 saturated carbocycles. The molecule has 2 fully saturated rings. The summed E-state index contributed by atoms with van der Waals surface area (Å²) in [6.45, 7) is 1.49. The predicted octanol–water partition coefficient (Wildman–Crippen LogP) is 1.89. The molecule has 0 radical (unpaired) electrons. The second kappa shape index (κ2) is 9.33. The van der Waals surface area contributed by atoms with Gasteiger partial charge in [0.05, 0.1) is 16.0 Å². The molecule has 2 aromatic rings. The normalized spacial score (nSPS) is 28.4. The van der Waals surface area contributed by atoms with Crippen molar-refractivity contribution in [3.8, 4) is 0 Å². The number of hydrogen-bond acceptors (Lipinski definition) is 6. The fraction of sp³-hybridized carbons (Fsp3) is 0.400. The second-order valence-corrected chi connectivity index (χ2v) is 8.07. The summed E-state index contributed by atoms with van der Waals surface area (Å²) in [6, 6.07) is 10.2. The lowest BCUT2D eigenvalue weighted by molar-refractivity contribution is -0.136. The summed E-state index contributed by atoms with van der Waals surface area (Å²) in [6.07, 6.45) is -6.37. The van der Waals surface area contributed by atoms with Crippen LogP contribution in [-0.4, -0.2) is 59.9 Å². The van der Waals surface area contributed by atoms with Gasteiger partial charge in [-0.1, -0.05) is 30.3 Å². The van der Waals surface area contributed by atoms with Crippen molar-refractivity contribution in [3.63, 3.8) is 0 Å². The number of morpholine rings is 1. The van der Waals surface area contributed by atoms with Crippen LogP contribution >= 0.6 is 0 Å². The smallest absolute Gasteiger partial charge is 0.255 e. The number of amides is 3. The zero-order valence-electron chi connectivity index (χ0n) is 23.9. The van der Waals surface area contributed by atoms with Crippen LogP contribution in [0.3, 0.4) is 0 Å². The average molecular weight is 455 g/mol. The molecule has 8 nitrogen and oxygen atoms in total. The number of carbonyl (C=O) groups excluding carboxylic acids is 3. The van der Waals surface area contributed by atoms with Crippen molar-refractivity contribution in [1.82, 2.24) is 15.1 Å².